The van der Waals surface area contributed by atoms with Gasteiger partial charge in [-0.15, -0.1) is 0 Å². The molecule has 1 N–H and O–H groups in total. The fraction of sp³-hybridized carbons (Fsp3) is 1.00. The highest BCUT2D eigenvalue weighted by Crippen LogP contribution is 2.34. The Labute approximate surface area is 113 Å². The molecule has 1 aliphatic carbocycles. The van der Waals surface area contributed by atoms with E-state index in [9.17, 15) is 0 Å². The second kappa shape index (κ2) is 6.88. The van der Waals surface area contributed by atoms with Gasteiger partial charge in [0.2, 0.25) is 0 Å². The van der Waals surface area contributed by atoms with Gasteiger partial charge in [-0.2, -0.15) is 0 Å². The molecule has 3 nitrogen and oxygen atoms in total. The maximum absolute atomic E-state index is 6.19. The SMILES string of the molecule is CNCC1(OCCOC(C)(C)C)CCCC(C)C1. The quantitative estimate of drug-likeness (QED) is 0.742. The Balaban J connectivity index is 2.38. The van der Waals surface area contributed by atoms with Gasteiger partial charge in [-0.25, -0.2) is 0 Å². The third kappa shape index (κ3) is 5.68. The lowest BCUT2D eigenvalue weighted by Crippen LogP contribution is -2.46. The van der Waals surface area contributed by atoms with Crippen LogP contribution in [0.15, 0.2) is 0 Å². The maximum Gasteiger partial charge on any atom is 0.0809 e. The minimum atomic E-state index is -0.0701. The van der Waals surface area contributed by atoms with Crippen molar-refractivity contribution in [3.63, 3.8) is 0 Å². The monoisotopic (exact) mass is 257 g/mol. The van der Waals surface area contributed by atoms with Gasteiger partial charge in [0.25, 0.3) is 0 Å². The van der Waals surface area contributed by atoms with Crippen molar-refractivity contribution in [2.75, 3.05) is 26.8 Å². The van der Waals surface area contributed by atoms with Gasteiger partial charge >= 0.3 is 0 Å². The van der Waals surface area contributed by atoms with Crippen molar-refractivity contribution < 1.29 is 9.47 Å². The fourth-order valence-corrected chi connectivity index (χ4v) is 2.88. The molecule has 2 unspecified atom stereocenters. The van der Waals surface area contributed by atoms with Gasteiger partial charge < -0.3 is 14.8 Å². The highest BCUT2D eigenvalue weighted by Gasteiger charge is 2.35. The molecule has 0 aromatic rings. The van der Waals surface area contributed by atoms with Crippen LogP contribution in [0.5, 0.6) is 0 Å². The van der Waals surface area contributed by atoms with Gasteiger partial charge in [-0.1, -0.05) is 19.8 Å². The first-order valence-corrected chi connectivity index (χ1v) is 7.29. The van der Waals surface area contributed by atoms with Crippen molar-refractivity contribution in [2.24, 2.45) is 5.92 Å². The summed E-state index contributed by atoms with van der Waals surface area (Å²) in [5.74, 6) is 0.774. The number of rotatable bonds is 6. The molecule has 1 fully saturated rings. The lowest BCUT2D eigenvalue weighted by Gasteiger charge is -2.40. The first-order valence-electron chi connectivity index (χ1n) is 7.29. The van der Waals surface area contributed by atoms with Crippen LogP contribution in [0.3, 0.4) is 0 Å². The van der Waals surface area contributed by atoms with E-state index in [1.54, 1.807) is 0 Å². The van der Waals surface area contributed by atoms with Gasteiger partial charge in [0, 0.05) is 6.54 Å². The molecule has 108 valence electrons. The molecule has 0 aliphatic heterocycles. The largest absolute Gasteiger partial charge is 0.373 e. The minimum absolute atomic E-state index is 0.0354. The van der Waals surface area contributed by atoms with E-state index in [0.717, 1.165) is 12.5 Å². The van der Waals surface area contributed by atoms with Crippen molar-refractivity contribution in [1.29, 1.82) is 0 Å². The Hall–Kier alpha value is -0.120. The molecular formula is C15H31NO2. The van der Waals surface area contributed by atoms with Crippen LogP contribution in [0.25, 0.3) is 0 Å². The molecule has 1 saturated carbocycles. The van der Waals surface area contributed by atoms with Crippen LogP contribution in [0.1, 0.15) is 53.4 Å². The molecule has 0 radical (unpaired) electrons. The van der Waals surface area contributed by atoms with Crippen LogP contribution in [-0.2, 0) is 9.47 Å². The predicted molar refractivity (Wildman–Crippen MR) is 75.9 cm³/mol. The van der Waals surface area contributed by atoms with Crippen molar-refractivity contribution in [1.82, 2.24) is 5.32 Å². The molecule has 1 aliphatic rings. The average Bonchev–Trinajstić information content (AvgIpc) is 2.24. The second-order valence-electron chi connectivity index (χ2n) is 6.72. The number of hydrogen-bond donors (Lipinski definition) is 1. The summed E-state index contributed by atoms with van der Waals surface area (Å²) >= 11 is 0. The van der Waals surface area contributed by atoms with E-state index in [0.29, 0.717) is 13.2 Å². The Bertz CT molecular complexity index is 233. The lowest BCUT2D eigenvalue weighted by atomic mass is 9.78. The molecular weight excluding hydrogens is 226 g/mol. The summed E-state index contributed by atoms with van der Waals surface area (Å²) in [7, 11) is 2.01. The Morgan fingerprint density at radius 3 is 2.56 bits per heavy atom. The zero-order valence-electron chi connectivity index (χ0n) is 12.8. The smallest absolute Gasteiger partial charge is 0.0809 e. The molecule has 0 aromatic carbocycles. The summed E-state index contributed by atoms with van der Waals surface area (Å²) < 4.78 is 11.9. The van der Waals surface area contributed by atoms with Crippen LogP contribution >= 0.6 is 0 Å². The number of ether oxygens (including phenoxy) is 2. The van der Waals surface area contributed by atoms with E-state index in [1.807, 2.05) is 7.05 Å². The van der Waals surface area contributed by atoms with Crippen molar-refractivity contribution in [3.05, 3.63) is 0 Å². The molecule has 2 atom stereocenters. The van der Waals surface area contributed by atoms with Gasteiger partial charge in [0.05, 0.1) is 24.4 Å². The van der Waals surface area contributed by atoms with Crippen LogP contribution in [0, 0.1) is 5.92 Å². The molecule has 0 bridgehead atoms. The second-order valence-corrected chi connectivity index (χ2v) is 6.72. The highest BCUT2D eigenvalue weighted by atomic mass is 16.5. The highest BCUT2D eigenvalue weighted by molar-refractivity contribution is 4.88. The topological polar surface area (TPSA) is 30.5 Å². The molecule has 0 spiro atoms. The fourth-order valence-electron chi connectivity index (χ4n) is 2.88. The molecule has 18 heavy (non-hydrogen) atoms. The van der Waals surface area contributed by atoms with Gasteiger partial charge in [0.1, 0.15) is 0 Å². The van der Waals surface area contributed by atoms with Crippen LogP contribution in [0.2, 0.25) is 0 Å². The number of hydrogen-bond acceptors (Lipinski definition) is 3. The number of nitrogens with one attached hydrogen (secondary N) is 1. The maximum atomic E-state index is 6.19. The van der Waals surface area contributed by atoms with E-state index < -0.39 is 0 Å². The van der Waals surface area contributed by atoms with E-state index in [2.05, 4.69) is 33.0 Å². The zero-order chi connectivity index (χ0) is 13.6. The molecule has 1 rings (SSSR count). The standard InChI is InChI=1S/C15H31NO2/c1-13-7-6-8-15(11-13,12-16-5)18-10-9-17-14(2,3)4/h13,16H,6-12H2,1-5H3. The van der Waals surface area contributed by atoms with Crippen LogP contribution in [-0.4, -0.2) is 38.0 Å². The molecule has 0 saturated heterocycles. The summed E-state index contributed by atoms with van der Waals surface area (Å²) in [4.78, 5) is 0. The zero-order valence-corrected chi connectivity index (χ0v) is 12.8. The van der Waals surface area contributed by atoms with Crippen LogP contribution < -0.4 is 5.32 Å². The molecule has 0 heterocycles. The lowest BCUT2D eigenvalue weighted by molar-refractivity contribution is -0.111. The Morgan fingerprint density at radius 1 is 1.28 bits per heavy atom. The van der Waals surface area contributed by atoms with E-state index >= 15 is 0 Å². The summed E-state index contributed by atoms with van der Waals surface area (Å²) in [6.07, 6.45) is 4.97. The van der Waals surface area contributed by atoms with Crippen molar-refractivity contribution >= 4 is 0 Å². The average molecular weight is 257 g/mol. The van der Waals surface area contributed by atoms with Crippen molar-refractivity contribution in [2.45, 2.75) is 64.6 Å². The third-order valence-electron chi connectivity index (χ3n) is 3.58. The van der Waals surface area contributed by atoms with E-state index in [4.69, 9.17) is 9.47 Å². The summed E-state index contributed by atoms with van der Waals surface area (Å²) in [6.45, 7) is 10.9. The third-order valence-corrected chi connectivity index (χ3v) is 3.58. The van der Waals surface area contributed by atoms with Gasteiger partial charge in [-0.3, -0.25) is 0 Å². The molecule has 0 aromatic heterocycles. The van der Waals surface area contributed by atoms with E-state index in [1.165, 1.54) is 25.7 Å². The predicted octanol–water partition coefficient (Wildman–Crippen LogP) is 2.99. The normalized spacial score (nSPS) is 29.5. The first-order chi connectivity index (χ1) is 8.37. The molecule has 0 amide bonds. The van der Waals surface area contributed by atoms with Gasteiger partial charge in [-0.05, 0) is 46.6 Å². The van der Waals surface area contributed by atoms with E-state index in [-0.39, 0.29) is 11.2 Å². The Morgan fingerprint density at radius 2 is 2.00 bits per heavy atom. The summed E-state index contributed by atoms with van der Waals surface area (Å²) in [6, 6.07) is 0. The molecule has 3 heteroatoms. The van der Waals surface area contributed by atoms with Crippen molar-refractivity contribution in [3.8, 4) is 0 Å². The van der Waals surface area contributed by atoms with Gasteiger partial charge in [0.15, 0.2) is 0 Å². The minimum Gasteiger partial charge on any atom is -0.373 e. The first kappa shape index (κ1) is 15.9. The Kier molecular flexibility index (Phi) is 6.09. The van der Waals surface area contributed by atoms with Crippen LogP contribution in [0.4, 0.5) is 0 Å². The summed E-state index contributed by atoms with van der Waals surface area (Å²) in [5, 5.41) is 3.29. The summed E-state index contributed by atoms with van der Waals surface area (Å²) in [5.41, 5.74) is -0.0347. The number of likely N-dealkylation sites (N-methyl/N-ethyl adjacent to an activating group) is 1.